The Hall–Kier alpha value is -0.670. The fourth-order valence-corrected chi connectivity index (χ4v) is 3.24. The normalized spacial score (nSPS) is 15.0. The summed E-state index contributed by atoms with van der Waals surface area (Å²) in [6.45, 7) is 18.4. The van der Waals surface area contributed by atoms with Crippen LogP contribution in [-0.2, 0) is 10.8 Å². The summed E-state index contributed by atoms with van der Waals surface area (Å²) in [4.78, 5) is 1.10. The van der Waals surface area contributed by atoms with Crippen molar-refractivity contribution in [1.82, 2.24) is 0 Å². The van der Waals surface area contributed by atoms with E-state index < -0.39 is 5.60 Å². The minimum atomic E-state index is -0.744. The number of thioether (sulfide) groups is 1. The second-order valence-corrected chi connectivity index (χ2v) is 10.2. The van der Waals surface area contributed by atoms with Crippen molar-refractivity contribution in [3.8, 4) is 5.75 Å². The van der Waals surface area contributed by atoms with Crippen LogP contribution >= 0.6 is 11.8 Å². The van der Waals surface area contributed by atoms with Crippen molar-refractivity contribution in [3.63, 3.8) is 0 Å². The van der Waals surface area contributed by atoms with Crippen LogP contribution in [0.15, 0.2) is 17.0 Å². The van der Waals surface area contributed by atoms with Crippen molar-refractivity contribution in [3.05, 3.63) is 23.3 Å². The third-order valence-electron chi connectivity index (χ3n) is 4.01. The summed E-state index contributed by atoms with van der Waals surface area (Å²) in [5.74, 6) is 0.403. The number of benzene rings is 1. The zero-order chi connectivity index (χ0) is 17.5. The van der Waals surface area contributed by atoms with E-state index in [0.717, 1.165) is 16.0 Å². The first-order valence-corrected chi connectivity index (χ1v) is 8.79. The summed E-state index contributed by atoms with van der Waals surface area (Å²) in [6, 6.07) is 4.13. The molecule has 0 radical (unpaired) electrons. The highest BCUT2D eigenvalue weighted by Crippen LogP contribution is 2.43. The van der Waals surface area contributed by atoms with E-state index in [2.05, 4.69) is 53.7 Å². The smallest absolute Gasteiger partial charge is 0.123 e. The topological polar surface area (TPSA) is 40.5 Å². The standard InChI is InChI=1S/C19H32O2S/c1-12(19(8,9)21)22-13-10-14(17(2,3)4)16(20)15(11-13)18(5,6)7/h10-12,20-21H,1-9H3. The van der Waals surface area contributed by atoms with E-state index in [0.29, 0.717) is 5.75 Å². The highest BCUT2D eigenvalue weighted by molar-refractivity contribution is 8.00. The molecule has 0 saturated heterocycles. The fraction of sp³-hybridized carbons (Fsp3) is 0.684. The first-order valence-electron chi connectivity index (χ1n) is 7.91. The summed E-state index contributed by atoms with van der Waals surface area (Å²) < 4.78 is 0. The van der Waals surface area contributed by atoms with Gasteiger partial charge in [-0.1, -0.05) is 48.5 Å². The molecule has 0 fully saturated rings. The maximum atomic E-state index is 10.7. The minimum Gasteiger partial charge on any atom is -0.507 e. The van der Waals surface area contributed by atoms with Gasteiger partial charge in [0.1, 0.15) is 5.75 Å². The molecule has 3 heteroatoms. The number of phenols is 1. The molecule has 0 aliphatic carbocycles. The fourth-order valence-electron chi connectivity index (χ4n) is 2.17. The van der Waals surface area contributed by atoms with Crippen molar-refractivity contribution in [2.24, 2.45) is 0 Å². The number of aromatic hydroxyl groups is 1. The Bertz CT molecular complexity index is 493. The molecule has 22 heavy (non-hydrogen) atoms. The maximum Gasteiger partial charge on any atom is 0.123 e. The minimum absolute atomic E-state index is 0.0673. The number of phenolic OH excluding ortho intramolecular Hbond substituents is 1. The summed E-state index contributed by atoms with van der Waals surface area (Å²) in [6.07, 6.45) is 0. The van der Waals surface area contributed by atoms with E-state index in [-0.39, 0.29) is 16.1 Å². The molecule has 0 spiro atoms. The van der Waals surface area contributed by atoms with Gasteiger partial charge in [0.25, 0.3) is 0 Å². The molecule has 0 aliphatic heterocycles. The molecule has 1 rings (SSSR count). The van der Waals surface area contributed by atoms with Crippen LogP contribution in [0.2, 0.25) is 0 Å². The average molecular weight is 325 g/mol. The van der Waals surface area contributed by atoms with E-state index in [1.54, 1.807) is 11.8 Å². The van der Waals surface area contributed by atoms with Gasteiger partial charge in [0.15, 0.2) is 0 Å². The Morgan fingerprint density at radius 2 is 1.23 bits per heavy atom. The first-order chi connectivity index (χ1) is 9.64. The number of aliphatic hydroxyl groups is 1. The molecule has 0 amide bonds. The lowest BCUT2D eigenvalue weighted by atomic mass is 9.79. The Labute approximate surface area is 140 Å². The largest absolute Gasteiger partial charge is 0.507 e. The Balaban J connectivity index is 3.42. The van der Waals surface area contributed by atoms with Crippen molar-refractivity contribution >= 4 is 11.8 Å². The van der Waals surface area contributed by atoms with Gasteiger partial charge >= 0.3 is 0 Å². The molecule has 0 aliphatic rings. The second kappa shape index (κ2) is 6.09. The van der Waals surface area contributed by atoms with Gasteiger partial charge in [-0.3, -0.25) is 0 Å². The van der Waals surface area contributed by atoms with Crippen LogP contribution in [0.3, 0.4) is 0 Å². The van der Waals surface area contributed by atoms with Crippen LogP contribution in [0.5, 0.6) is 5.75 Å². The number of hydrogen-bond donors (Lipinski definition) is 2. The third kappa shape index (κ3) is 4.66. The molecule has 0 heterocycles. The van der Waals surface area contributed by atoms with Crippen molar-refractivity contribution in [2.45, 2.75) is 88.9 Å². The molecular weight excluding hydrogens is 292 g/mol. The van der Waals surface area contributed by atoms with Crippen LogP contribution in [0, 0.1) is 0 Å². The van der Waals surface area contributed by atoms with E-state index in [1.165, 1.54) is 0 Å². The Morgan fingerprint density at radius 3 is 1.50 bits per heavy atom. The van der Waals surface area contributed by atoms with Gasteiger partial charge < -0.3 is 10.2 Å². The van der Waals surface area contributed by atoms with Crippen molar-refractivity contribution in [2.75, 3.05) is 0 Å². The van der Waals surface area contributed by atoms with Crippen LogP contribution < -0.4 is 0 Å². The van der Waals surface area contributed by atoms with Gasteiger partial charge in [-0.2, -0.15) is 0 Å². The van der Waals surface area contributed by atoms with Gasteiger partial charge in [0, 0.05) is 21.3 Å². The summed E-state index contributed by atoms with van der Waals surface area (Å²) in [7, 11) is 0. The zero-order valence-electron chi connectivity index (χ0n) is 15.5. The molecule has 0 saturated carbocycles. The number of hydrogen-bond acceptors (Lipinski definition) is 3. The SMILES string of the molecule is CC(Sc1cc(C(C)(C)C)c(O)c(C(C)(C)C)c1)C(C)(C)O. The first kappa shape index (κ1) is 19.4. The van der Waals surface area contributed by atoms with Crippen molar-refractivity contribution in [1.29, 1.82) is 0 Å². The molecule has 1 aromatic carbocycles. The lowest BCUT2D eigenvalue weighted by Gasteiger charge is -2.30. The van der Waals surface area contributed by atoms with Crippen LogP contribution in [0.25, 0.3) is 0 Å². The van der Waals surface area contributed by atoms with Gasteiger partial charge in [-0.05, 0) is 36.8 Å². The Morgan fingerprint density at radius 1 is 0.864 bits per heavy atom. The molecule has 1 aromatic rings. The molecule has 0 aromatic heterocycles. The highest BCUT2D eigenvalue weighted by Gasteiger charge is 2.29. The maximum absolute atomic E-state index is 10.7. The monoisotopic (exact) mass is 324 g/mol. The van der Waals surface area contributed by atoms with Gasteiger partial charge in [0.2, 0.25) is 0 Å². The molecular formula is C19H32O2S. The van der Waals surface area contributed by atoms with Gasteiger partial charge in [-0.15, -0.1) is 11.8 Å². The average Bonchev–Trinajstić information content (AvgIpc) is 2.26. The lowest BCUT2D eigenvalue weighted by molar-refractivity contribution is 0.0824. The molecule has 1 unspecified atom stereocenters. The molecule has 2 N–H and O–H groups in total. The lowest BCUT2D eigenvalue weighted by Crippen LogP contribution is -2.30. The molecule has 2 nitrogen and oxygen atoms in total. The van der Waals surface area contributed by atoms with Crippen LogP contribution in [0.4, 0.5) is 0 Å². The Kier molecular flexibility index (Phi) is 5.36. The van der Waals surface area contributed by atoms with Crippen LogP contribution in [-0.4, -0.2) is 21.1 Å². The summed E-state index contributed by atoms with van der Waals surface area (Å²) >= 11 is 1.66. The van der Waals surface area contributed by atoms with Gasteiger partial charge in [0.05, 0.1) is 5.60 Å². The summed E-state index contributed by atoms with van der Waals surface area (Å²) in [5.41, 5.74) is 0.930. The molecule has 0 bridgehead atoms. The van der Waals surface area contributed by atoms with Crippen LogP contribution in [0.1, 0.15) is 73.4 Å². The predicted octanol–water partition coefficient (Wildman–Crippen LogP) is 5.24. The van der Waals surface area contributed by atoms with E-state index in [9.17, 15) is 10.2 Å². The van der Waals surface area contributed by atoms with Gasteiger partial charge in [-0.25, -0.2) is 0 Å². The predicted molar refractivity (Wildman–Crippen MR) is 97.1 cm³/mol. The van der Waals surface area contributed by atoms with E-state index in [1.807, 2.05) is 20.8 Å². The number of rotatable bonds is 3. The zero-order valence-corrected chi connectivity index (χ0v) is 16.4. The van der Waals surface area contributed by atoms with E-state index in [4.69, 9.17) is 0 Å². The van der Waals surface area contributed by atoms with E-state index >= 15 is 0 Å². The van der Waals surface area contributed by atoms with Crippen molar-refractivity contribution < 1.29 is 10.2 Å². The molecule has 126 valence electrons. The third-order valence-corrected chi connectivity index (χ3v) is 5.45. The summed E-state index contributed by atoms with van der Waals surface area (Å²) in [5, 5.41) is 21.0. The molecule has 1 atom stereocenters. The highest BCUT2D eigenvalue weighted by atomic mass is 32.2. The quantitative estimate of drug-likeness (QED) is 0.747. The second-order valence-electron chi connectivity index (χ2n) is 8.78.